The van der Waals surface area contributed by atoms with E-state index in [4.69, 9.17) is 0 Å². The number of nitrogens with zero attached hydrogens (tertiary/aromatic N) is 4. The Bertz CT molecular complexity index is 1640. The molecular formula is C28H24FN7O. The summed E-state index contributed by atoms with van der Waals surface area (Å²) in [6.07, 6.45) is 5.80. The molecule has 3 heterocycles. The molecule has 0 aliphatic rings. The molecule has 5 rings (SSSR count). The van der Waals surface area contributed by atoms with Crippen molar-refractivity contribution in [1.29, 1.82) is 0 Å². The molecule has 8 nitrogen and oxygen atoms in total. The average Bonchev–Trinajstić information content (AvgIpc) is 3.52. The van der Waals surface area contributed by atoms with Gasteiger partial charge in [-0.3, -0.25) is 15.4 Å². The first kappa shape index (κ1) is 23.8. The summed E-state index contributed by atoms with van der Waals surface area (Å²) in [5.41, 5.74) is 4.50. The van der Waals surface area contributed by atoms with E-state index >= 15 is 0 Å². The number of benzene rings is 2. The van der Waals surface area contributed by atoms with E-state index in [-0.39, 0.29) is 11.7 Å². The summed E-state index contributed by atoms with van der Waals surface area (Å²) >= 11 is 0. The zero-order valence-electron chi connectivity index (χ0n) is 20.3. The number of rotatable bonds is 5. The predicted octanol–water partition coefficient (Wildman–Crippen LogP) is 5.64. The standard InChI is InChI=1S/C28H24FN7O/c1-18(2)25-14-27(36(35-25)23-11-5-9-21(29)13-23)33-28(37)32-22-10-4-7-19(12-22)6-3-8-20-15-30-17-26-24(20)16-31-34-26/h4-5,7,9-18H,8H2,1-2H3,(H,31,34)(H2,32,33,37). The number of urea groups is 1. The zero-order valence-corrected chi connectivity index (χ0v) is 20.3. The molecule has 2 aromatic carbocycles. The van der Waals surface area contributed by atoms with Gasteiger partial charge in [-0.25, -0.2) is 13.9 Å². The van der Waals surface area contributed by atoms with E-state index in [0.29, 0.717) is 23.6 Å². The third kappa shape index (κ3) is 5.49. The van der Waals surface area contributed by atoms with Gasteiger partial charge in [-0.1, -0.05) is 37.8 Å². The number of amides is 2. The largest absolute Gasteiger partial charge is 0.324 e. The molecule has 0 fully saturated rings. The minimum Gasteiger partial charge on any atom is -0.308 e. The molecule has 184 valence electrons. The molecule has 9 heteroatoms. The van der Waals surface area contributed by atoms with Crippen molar-refractivity contribution in [3.05, 3.63) is 95.8 Å². The van der Waals surface area contributed by atoms with Crippen LogP contribution in [0.1, 0.15) is 36.6 Å². The quantitative estimate of drug-likeness (QED) is 0.276. The maximum atomic E-state index is 13.8. The van der Waals surface area contributed by atoms with Crippen molar-refractivity contribution >= 4 is 28.4 Å². The van der Waals surface area contributed by atoms with E-state index in [1.54, 1.807) is 48.9 Å². The minimum absolute atomic E-state index is 0.130. The molecule has 0 unspecified atom stereocenters. The number of H-pyrrole nitrogens is 1. The molecule has 0 bridgehead atoms. The van der Waals surface area contributed by atoms with Crippen LogP contribution in [0, 0.1) is 17.7 Å². The highest BCUT2D eigenvalue weighted by Gasteiger charge is 2.15. The molecule has 0 atom stereocenters. The van der Waals surface area contributed by atoms with Crippen molar-refractivity contribution in [1.82, 2.24) is 25.0 Å². The molecule has 0 saturated heterocycles. The third-order valence-electron chi connectivity index (χ3n) is 5.69. The Morgan fingerprint density at radius 3 is 2.78 bits per heavy atom. The van der Waals surface area contributed by atoms with Crippen molar-refractivity contribution in [3.8, 4) is 17.5 Å². The lowest BCUT2D eigenvalue weighted by molar-refractivity contribution is 0.262. The van der Waals surface area contributed by atoms with Gasteiger partial charge in [0, 0.05) is 35.3 Å². The number of pyridine rings is 1. The van der Waals surface area contributed by atoms with Crippen LogP contribution in [-0.2, 0) is 6.42 Å². The first-order chi connectivity index (χ1) is 18.0. The van der Waals surface area contributed by atoms with Gasteiger partial charge in [0.05, 0.1) is 29.3 Å². The fraction of sp³-hybridized carbons (Fsp3) is 0.143. The Morgan fingerprint density at radius 1 is 1.08 bits per heavy atom. The second-order valence-electron chi connectivity index (χ2n) is 8.77. The van der Waals surface area contributed by atoms with Gasteiger partial charge in [0.25, 0.3) is 0 Å². The fourth-order valence-corrected chi connectivity index (χ4v) is 3.83. The van der Waals surface area contributed by atoms with Crippen LogP contribution in [0.3, 0.4) is 0 Å². The predicted molar refractivity (Wildman–Crippen MR) is 141 cm³/mol. The van der Waals surface area contributed by atoms with Crippen LogP contribution in [-0.4, -0.2) is 31.0 Å². The second-order valence-corrected chi connectivity index (χ2v) is 8.77. The molecule has 2 amide bonds. The van der Waals surface area contributed by atoms with Gasteiger partial charge in [-0.15, -0.1) is 0 Å². The van der Waals surface area contributed by atoms with Crippen LogP contribution in [0.4, 0.5) is 20.7 Å². The SMILES string of the molecule is CC(C)c1cc(NC(=O)Nc2cccc(C#CCc3cncc4[nH]ncc34)c2)n(-c2cccc(F)c2)n1. The Labute approximate surface area is 212 Å². The van der Waals surface area contributed by atoms with Crippen molar-refractivity contribution in [3.63, 3.8) is 0 Å². The highest BCUT2D eigenvalue weighted by Crippen LogP contribution is 2.23. The lowest BCUT2D eigenvalue weighted by Crippen LogP contribution is -2.21. The molecule has 0 radical (unpaired) electrons. The van der Waals surface area contributed by atoms with E-state index in [1.165, 1.54) is 16.8 Å². The van der Waals surface area contributed by atoms with E-state index in [9.17, 15) is 9.18 Å². The van der Waals surface area contributed by atoms with Gasteiger partial charge in [0.15, 0.2) is 0 Å². The van der Waals surface area contributed by atoms with Crippen molar-refractivity contribution in [2.24, 2.45) is 0 Å². The highest BCUT2D eigenvalue weighted by atomic mass is 19.1. The molecule has 3 aromatic heterocycles. The first-order valence-corrected chi connectivity index (χ1v) is 11.7. The number of carbonyl (C=O) groups excluding carboxylic acids is 1. The molecule has 0 saturated carbocycles. The van der Waals surface area contributed by atoms with Crippen LogP contribution < -0.4 is 10.6 Å². The molecule has 0 aliphatic heterocycles. The topological polar surface area (TPSA) is 101 Å². The maximum absolute atomic E-state index is 13.8. The number of anilines is 2. The van der Waals surface area contributed by atoms with E-state index < -0.39 is 6.03 Å². The van der Waals surface area contributed by atoms with Gasteiger partial charge in [0.1, 0.15) is 11.6 Å². The summed E-state index contributed by atoms with van der Waals surface area (Å²) in [5, 5.41) is 18.2. The molecule has 5 aromatic rings. The first-order valence-electron chi connectivity index (χ1n) is 11.7. The number of hydrogen-bond acceptors (Lipinski definition) is 4. The summed E-state index contributed by atoms with van der Waals surface area (Å²) in [5.74, 6) is 6.48. The number of halogens is 1. The number of carbonyl (C=O) groups is 1. The van der Waals surface area contributed by atoms with Crippen molar-refractivity contribution < 1.29 is 9.18 Å². The van der Waals surface area contributed by atoms with Crippen LogP contribution in [0.15, 0.2) is 73.2 Å². The Morgan fingerprint density at radius 2 is 1.95 bits per heavy atom. The van der Waals surface area contributed by atoms with Crippen LogP contribution in [0.2, 0.25) is 0 Å². The van der Waals surface area contributed by atoms with Crippen molar-refractivity contribution in [2.75, 3.05) is 10.6 Å². The van der Waals surface area contributed by atoms with Gasteiger partial charge < -0.3 is 5.32 Å². The van der Waals surface area contributed by atoms with Crippen molar-refractivity contribution in [2.45, 2.75) is 26.2 Å². The van der Waals surface area contributed by atoms with Crippen LogP contribution in [0.5, 0.6) is 0 Å². The lowest BCUT2D eigenvalue weighted by atomic mass is 10.1. The lowest BCUT2D eigenvalue weighted by Gasteiger charge is -2.10. The van der Waals surface area contributed by atoms with Gasteiger partial charge in [-0.05, 0) is 47.9 Å². The van der Waals surface area contributed by atoms with E-state index in [1.807, 2.05) is 26.0 Å². The monoisotopic (exact) mass is 493 g/mol. The summed E-state index contributed by atoms with van der Waals surface area (Å²) in [7, 11) is 0. The Hall–Kier alpha value is -4.97. The number of aromatic nitrogens is 5. The van der Waals surface area contributed by atoms with Crippen LogP contribution >= 0.6 is 0 Å². The molecule has 0 aliphatic carbocycles. The van der Waals surface area contributed by atoms with Gasteiger partial charge in [0.2, 0.25) is 0 Å². The molecule has 0 spiro atoms. The summed E-state index contributed by atoms with van der Waals surface area (Å²) in [6.45, 7) is 4.00. The minimum atomic E-state index is -0.448. The number of aromatic amines is 1. The fourth-order valence-electron chi connectivity index (χ4n) is 3.83. The smallest absolute Gasteiger partial charge is 0.308 e. The summed E-state index contributed by atoms with van der Waals surface area (Å²) < 4.78 is 15.3. The molecule has 3 N–H and O–H groups in total. The number of hydrogen-bond donors (Lipinski definition) is 3. The molecule has 37 heavy (non-hydrogen) atoms. The number of fused-ring (bicyclic) bond motifs is 1. The average molecular weight is 494 g/mol. The Kier molecular flexibility index (Phi) is 6.64. The van der Waals surface area contributed by atoms with E-state index in [0.717, 1.165) is 27.7 Å². The third-order valence-corrected chi connectivity index (χ3v) is 5.69. The number of nitrogens with one attached hydrogen (secondary N) is 3. The maximum Gasteiger partial charge on any atom is 0.324 e. The highest BCUT2D eigenvalue weighted by molar-refractivity contribution is 5.99. The molecular weight excluding hydrogens is 469 g/mol. The summed E-state index contributed by atoms with van der Waals surface area (Å²) in [6, 6.07) is 14.7. The van der Waals surface area contributed by atoms with Crippen LogP contribution in [0.25, 0.3) is 16.6 Å². The normalized spacial score (nSPS) is 10.8. The summed E-state index contributed by atoms with van der Waals surface area (Å²) in [4.78, 5) is 17.0. The second kappa shape index (κ2) is 10.3. The zero-order chi connectivity index (χ0) is 25.8. The van der Waals surface area contributed by atoms with Gasteiger partial charge >= 0.3 is 6.03 Å². The van der Waals surface area contributed by atoms with Gasteiger partial charge in [-0.2, -0.15) is 10.2 Å². The van der Waals surface area contributed by atoms with E-state index in [2.05, 4.69) is 42.8 Å². The Balaban J connectivity index is 1.30.